The average molecular weight is 229 g/mol. The maximum absolute atomic E-state index is 11.3. The summed E-state index contributed by atoms with van der Waals surface area (Å²) in [6.07, 6.45) is 3.19. The second kappa shape index (κ2) is 4.95. The minimum absolute atomic E-state index is 0.437. The normalized spacial score (nSPS) is 12.5. The van der Waals surface area contributed by atoms with E-state index in [9.17, 15) is 9.90 Å². The van der Waals surface area contributed by atoms with Crippen LogP contribution in [0.25, 0.3) is 10.9 Å². The van der Waals surface area contributed by atoms with Gasteiger partial charge in [-0.3, -0.25) is 9.78 Å². The Morgan fingerprint density at radius 2 is 2.12 bits per heavy atom. The highest BCUT2D eigenvalue weighted by molar-refractivity contribution is 5.88. The number of hydrogen-bond donors (Lipinski definition) is 1. The number of rotatable bonds is 4. The van der Waals surface area contributed by atoms with Gasteiger partial charge in [-0.15, -0.1) is 0 Å². The molecular weight excluding hydrogens is 214 g/mol. The number of aliphatic carboxylic acids is 1. The van der Waals surface area contributed by atoms with E-state index in [2.05, 4.69) is 4.98 Å². The highest BCUT2D eigenvalue weighted by atomic mass is 16.4. The zero-order valence-corrected chi connectivity index (χ0v) is 9.76. The van der Waals surface area contributed by atoms with Gasteiger partial charge in [-0.25, -0.2) is 0 Å². The molecule has 1 N–H and O–H groups in total. The fourth-order valence-corrected chi connectivity index (χ4v) is 2.12. The third-order valence-electron chi connectivity index (χ3n) is 2.93. The predicted octanol–water partition coefficient (Wildman–Crippen LogP) is 3.20. The van der Waals surface area contributed by atoms with Crippen LogP contribution in [-0.2, 0) is 4.79 Å². The minimum atomic E-state index is -0.761. The molecule has 1 heterocycles. The molecule has 0 bridgehead atoms. The molecule has 0 saturated heterocycles. The lowest BCUT2D eigenvalue weighted by atomic mass is 9.92. The Balaban J connectivity index is 2.56. The number of carboxylic acids is 1. The zero-order valence-electron chi connectivity index (χ0n) is 9.76. The first-order valence-corrected chi connectivity index (χ1v) is 5.80. The number of nitrogens with zero attached hydrogens (tertiary/aromatic N) is 1. The second-order valence-electron chi connectivity index (χ2n) is 4.10. The maximum Gasteiger partial charge on any atom is 0.310 e. The van der Waals surface area contributed by atoms with Crippen LogP contribution in [-0.4, -0.2) is 16.1 Å². The Labute approximate surface area is 100 Å². The van der Waals surface area contributed by atoms with Crippen molar-refractivity contribution < 1.29 is 9.90 Å². The number of carboxylic acid groups (broad SMARTS) is 1. The van der Waals surface area contributed by atoms with E-state index in [4.69, 9.17) is 0 Å². The number of benzene rings is 1. The number of aromatic nitrogens is 1. The van der Waals surface area contributed by atoms with Crippen molar-refractivity contribution in [2.45, 2.75) is 25.7 Å². The fourth-order valence-electron chi connectivity index (χ4n) is 2.12. The van der Waals surface area contributed by atoms with Crippen molar-refractivity contribution in [2.75, 3.05) is 0 Å². The van der Waals surface area contributed by atoms with Gasteiger partial charge in [0.15, 0.2) is 0 Å². The molecule has 0 radical (unpaired) electrons. The van der Waals surface area contributed by atoms with E-state index in [1.165, 1.54) is 0 Å². The van der Waals surface area contributed by atoms with Gasteiger partial charge in [0.05, 0.1) is 11.4 Å². The molecule has 1 unspecified atom stereocenters. The van der Waals surface area contributed by atoms with E-state index >= 15 is 0 Å². The van der Waals surface area contributed by atoms with Crippen LogP contribution in [0.15, 0.2) is 36.5 Å². The van der Waals surface area contributed by atoms with Gasteiger partial charge in [-0.1, -0.05) is 31.5 Å². The van der Waals surface area contributed by atoms with Crippen molar-refractivity contribution in [3.63, 3.8) is 0 Å². The van der Waals surface area contributed by atoms with Gasteiger partial charge in [0.25, 0.3) is 0 Å². The Morgan fingerprint density at radius 3 is 2.82 bits per heavy atom. The van der Waals surface area contributed by atoms with Crippen LogP contribution in [0.1, 0.15) is 31.2 Å². The topological polar surface area (TPSA) is 50.2 Å². The molecule has 0 amide bonds. The van der Waals surface area contributed by atoms with E-state index < -0.39 is 11.9 Å². The molecule has 88 valence electrons. The van der Waals surface area contributed by atoms with Crippen molar-refractivity contribution >= 4 is 16.9 Å². The number of pyridine rings is 1. The molecule has 3 heteroatoms. The summed E-state index contributed by atoms with van der Waals surface area (Å²) in [6.45, 7) is 2.00. The van der Waals surface area contributed by atoms with Gasteiger partial charge >= 0.3 is 5.97 Å². The Bertz CT molecular complexity index is 531. The highest BCUT2D eigenvalue weighted by Crippen LogP contribution is 2.27. The lowest BCUT2D eigenvalue weighted by Gasteiger charge is -2.13. The smallest absolute Gasteiger partial charge is 0.310 e. The molecule has 2 rings (SSSR count). The highest BCUT2D eigenvalue weighted by Gasteiger charge is 2.20. The van der Waals surface area contributed by atoms with Gasteiger partial charge < -0.3 is 5.11 Å². The third-order valence-corrected chi connectivity index (χ3v) is 2.93. The van der Waals surface area contributed by atoms with Crippen LogP contribution in [0.3, 0.4) is 0 Å². The molecule has 17 heavy (non-hydrogen) atoms. The summed E-state index contributed by atoms with van der Waals surface area (Å²) in [5.74, 6) is -1.20. The number of carbonyl (C=O) groups is 1. The van der Waals surface area contributed by atoms with Crippen LogP contribution in [0.5, 0.6) is 0 Å². The molecule has 0 fully saturated rings. The maximum atomic E-state index is 11.3. The molecule has 0 aliphatic carbocycles. The number of hydrogen-bond acceptors (Lipinski definition) is 2. The molecule has 0 aliphatic heterocycles. The minimum Gasteiger partial charge on any atom is -0.481 e. The van der Waals surface area contributed by atoms with E-state index in [-0.39, 0.29) is 0 Å². The lowest BCUT2D eigenvalue weighted by molar-refractivity contribution is -0.138. The molecule has 1 aromatic heterocycles. The predicted molar refractivity (Wildman–Crippen MR) is 67.0 cm³/mol. The lowest BCUT2D eigenvalue weighted by Crippen LogP contribution is -2.12. The largest absolute Gasteiger partial charge is 0.481 e. The van der Waals surface area contributed by atoms with Crippen LogP contribution >= 0.6 is 0 Å². The first kappa shape index (κ1) is 11.6. The monoisotopic (exact) mass is 229 g/mol. The van der Waals surface area contributed by atoms with Gasteiger partial charge in [-0.05, 0) is 24.1 Å². The summed E-state index contributed by atoms with van der Waals surface area (Å²) < 4.78 is 0. The van der Waals surface area contributed by atoms with Gasteiger partial charge in [-0.2, -0.15) is 0 Å². The van der Waals surface area contributed by atoms with Crippen LogP contribution in [0, 0.1) is 0 Å². The SMILES string of the molecule is CCCC(C(=O)O)c1ccnc2ccccc12. The van der Waals surface area contributed by atoms with E-state index in [1.54, 1.807) is 6.20 Å². The molecule has 3 nitrogen and oxygen atoms in total. The van der Waals surface area contributed by atoms with Crippen LogP contribution in [0.2, 0.25) is 0 Å². The summed E-state index contributed by atoms with van der Waals surface area (Å²) in [7, 11) is 0. The molecule has 0 saturated carbocycles. The quantitative estimate of drug-likeness (QED) is 0.875. The summed E-state index contributed by atoms with van der Waals surface area (Å²) >= 11 is 0. The molecule has 2 aromatic rings. The first-order valence-electron chi connectivity index (χ1n) is 5.80. The third kappa shape index (κ3) is 2.28. The van der Waals surface area contributed by atoms with Gasteiger partial charge in [0, 0.05) is 11.6 Å². The number of fused-ring (bicyclic) bond motifs is 1. The average Bonchev–Trinajstić information content (AvgIpc) is 2.35. The molecule has 1 atom stereocenters. The van der Waals surface area contributed by atoms with Crippen molar-refractivity contribution in [3.05, 3.63) is 42.1 Å². The first-order chi connectivity index (χ1) is 8.24. The molecule has 0 spiro atoms. The van der Waals surface area contributed by atoms with Gasteiger partial charge in [0.2, 0.25) is 0 Å². The number of para-hydroxylation sites is 1. The van der Waals surface area contributed by atoms with Crippen molar-refractivity contribution in [1.29, 1.82) is 0 Å². The van der Waals surface area contributed by atoms with Crippen molar-refractivity contribution in [2.24, 2.45) is 0 Å². The van der Waals surface area contributed by atoms with Gasteiger partial charge in [0.1, 0.15) is 0 Å². The summed E-state index contributed by atoms with van der Waals surface area (Å²) in [5, 5.41) is 10.2. The summed E-state index contributed by atoms with van der Waals surface area (Å²) in [5.41, 5.74) is 1.72. The van der Waals surface area contributed by atoms with Crippen molar-refractivity contribution in [3.8, 4) is 0 Å². The second-order valence-corrected chi connectivity index (χ2v) is 4.10. The Morgan fingerprint density at radius 1 is 1.35 bits per heavy atom. The van der Waals surface area contributed by atoms with Crippen LogP contribution < -0.4 is 0 Å². The van der Waals surface area contributed by atoms with Crippen molar-refractivity contribution in [1.82, 2.24) is 4.98 Å². The molecular formula is C14H15NO2. The van der Waals surface area contributed by atoms with E-state index in [0.717, 1.165) is 22.9 Å². The standard InChI is InChI=1S/C14H15NO2/c1-2-5-12(14(16)17)10-8-9-15-13-7-4-3-6-11(10)13/h3-4,6-9,12H,2,5H2,1H3,(H,16,17). The Kier molecular flexibility index (Phi) is 3.38. The summed E-state index contributed by atoms with van der Waals surface area (Å²) in [6, 6.07) is 9.48. The fraction of sp³-hybridized carbons (Fsp3) is 0.286. The van der Waals surface area contributed by atoms with E-state index in [1.807, 2.05) is 37.3 Å². The zero-order chi connectivity index (χ0) is 12.3. The molecule has 0 aliphatic rings. The van der Waals surface area contributed by atoms with E-state index in [0.29, 0.717) is 6.42 Å². The van der Waals surface area contributed by atoms with Crippen LogP contribution in [0.4, 0.5) is 0 Å². The Hall–Kier alpha value is -1.90. The molecule has 1 aromatic carbocycles. The summed E-state index contributed by atoms with van der Waals surface area (Å²) in [4.78, 5) is 15.6.